The van der Waals surface area contributed by atoms with Gasteiger partial charge in [-0.2, -0.15) is 0 Å². The standard InChI is InChI=1S/C33H40N4O5/c1-3-23-13-10-14-25(19-23)32(41)35-37(4-2)28(20-24-11-6-5-7-12-24)30(39)22-34-31(40)26-15-16-27(29(38)21-26)33(42)36-17-8-9-18-36/h5-7,10-16,19,21,28,30,38-39H,3-4,8-9,17-18,20,22H2,1-2H3,(H,34,40)(H,35,41). The number of rotatable bonds is 12. The quantitative estimate of drug-likeness (QED) is 0.246. The number of nitrogens with zero attached hydrogens (tertiary/aromatic N) is 2. The third-order valence-corrected chi connectivity index (χ3v) is 7.67. The number of hydrogen-bond acceptors (Lipinski definition) is 6. The van der Waals surface area contributed by atoms with E-state index >= 15 is 0 Å². The smallest absolute Gasteiger partial charge is 0.265 e. The van der Waals surface area contributed by atoms with Crippen molar-refractivity contribution in [2.24, 2.45) is 0 Å². The number of likely N-dealkylation sites (N-methyl/N-ethyl adjacent to an activating group) is 1. The van der Waals surface area contributed by atoms with E-state index in [0.29, 0.717) is 31.6 Å². The van der Waals surface area contributed by atoms with Gasteiger partial charge in [0.05, 0.1) is 17.7 Å². The predicted molar refractivity (Wildman–Crippen MR) is 161 cm³/mol. The van der Waals surface area contributed by atoms with Gasteiger partial charge in [-0.25, -0.2) is 5.01 Å². The maximum absolute atomic E-state index is 13.1. The number of aliphatic hydroxyl groups excluding tert-OH is 1. The molecule has 0 aliphatic carbocycles. The first kappa shape index (κ1) is 30.7. The summed E-state index contributed by atoms with van der Waals surface area (Å²) in [6.07, 6.45) is 2.07. The summed E-state index contributed by atoms with van der Waals surface area (Å²) in [6.45, 7) is 5.55. The second-order valence-corrected chi connectivity index (χ2v) is 10.5. The number of hydrogen-bond donors (Lipinski definition) is 4. The van der Waals surface area contributed by atoms with E-state index in [1.165, 1.54) is 18.2 Å². The molecular weight excluding hydrogens is 532 g/mol. The molecule has 4 rings (SSSR count). The van der Waals surface area contributed by atoms with Gasteiger partial charge in [0, 0.05) is 37.3 Å². The molecule has 1 heterocycles. The zero-order valence-corrected chi connectivity index (χ0v) is 24.3. The van der Waals surface area contributed by atoms with Crippen molar-refractivity contribution in [2.45, 2.75) is 51.7 Å². The summed E-state index contributed by atoms with van der Waals surface area (Å²) in [5.41, 5.74) is 5.84. The molecule has 0 aromatic heterocycles. The normalized spacial score (nSPS) is 14.4. The number of aromatic hydroxyl groups is 1. The van der Waals surface area contributed by atoms with E-state index in [9.17, 15) is 24.6 Å². The number of amides is 3. The molecule has 0 bridgehead atoms. The molecule has 1 aliphatic heterocycles. The lowest BCUT2D eigenvalue weighted by Gasteiger charge is -2.34. The molecule has 1 fully saturated rings. The largest absolute Gasteiger partial charge is 0.507 e. The lowest BCUT2D eigenvalue weighted by atomic mass is 10.00. The topological polar surface area (TPSA) is 122 Å². The Morgan fingerprint density at radius 3 is 2.24 bits per heavy atom. The zero-order chi connectivity index (χ0) is 30.1. The second kappa shape index (κ2) is 14.6. The molecule has 2 atom stereocenters. The number of aliphatic hydroxyl groups is 1. The van der Waals surface area contributed by atoms with Crippen LogP contribution in [0.25, 0.3) is 0 Å². The van der Waals surface area contributed by atoms with Crippen LogP contribution in [0, 0.1) is 0 Å². The molecule has 0 radical (unpaired) electrons. The van der Waals surface area contributed by atoms with Crippen molar-refractivity contribution in [2.75, 3.05) is 26.2 Å². The Kier molecular flexibility index (Phi) is 10.7. The molecule has 2 unspecified atom stereocenters. The van der Waals surface area contributed by atoms with Gasteiger partial charge in [0.2, 0.25) is 0 Å². The minimum absolute atomic E-state index is 0.0940. The van der Waals surface area contributed by atoms with Gasteiger partial charge in [0.15, 0.2) is 0 Å². The third-order valence-electron chi connectivity index (χ3n) is 7.67. The molecule has 3 aromatic carbocycles. The summed E-state index contributed by atoms with van der Waals surface area (Å²) < 4.78 is 0. The Bertz CT molecular complexity index is 1370. The van der Waals surface area contributed by atoms with Crippen LogP contribution in [0.1, 0.15) is 68.9 Å². The van der Waals surface area contributed by atoms with Crippen molar-refractivity contribution in [1.29, 1.82) is 0 Å². The van der Waals surface area contributed by atoms with Crippen LogP contribution in [0.2, 0.25) is 0 Å². The molecular formula is C33H40N4O5. The summed E-state index contributed by atoms with van der Waals surface area (Å²) in [5, 5.41) is 26.3. The molecule has 0 spiro atoms. The maximum Gasteiger partial charge on any atom is 0.265 e. The highest BCUT2D eigenvalue weighted by Gasteiger charge is 2.28. The number of aryl methyl sites for hydroxylation is 1. The van der Waals surface area contributed by atoms with Crippen LogP contribution in [0.3, 0.4) is 0 Å². The number of carbonyl (C=O) groups excluding carboxylic acids is 3. The molecule has 0 saturated carbocycles. The number of phenolic OH excluding ortho intramolecular Hbond substituents is 1. The fraction of sp³-hybridized carbons (Fsp3) is 0.364. The minimum Gasteiger partial charge on any atom is -0.507 e. The first-order valence-corrected chi connectivity index (χ1v) is 14.6. The number of likely N-dealkylation sites (tertiary alicyclic amines) is 1. The van der Waals surface area contributed by atoms with Crippen molar-refractivity contribution >= 4 is 17.7 Å². The van der Waals surface area contributed by atoms with Crippen LogP contribution in [0.4, 0.5) is 0 Å². The Morgan fingerprint density at radius 1 is 0.881 bits per heavy atom. The van der Waals surface area contributed by atoms with Crippen molar-refractivity contribution in [1.82, 2.24) is 20.7 Å². The van der Waals surface area contributed by atoms with Crippen LogP contribution in [-0.4, -0.2) is 76.2 Å². The van der Waals surface area contributed by atoms with Gasteiger partial charge in [-0.15, -0.1) is 0 Å². The minimum atomic E-state index is -1.04. The lowest BCUT2D eigenvalue weighted by molar-refractivity contribution is 0.0202. The third kappa shape index (κ3) is 7.74. The number of benzene rings is 3. The van der Waals surface area contributed by atoms with E-state index in [4.69, 9.17) is 0 Å². The van der Waals surface area contributed by atoms with Crippen molar-refractivity contribution in [3.05, 3.63) is 101 Å². The summed E-state index contributed by atoms with van der Waals surface area (Å²) in [4.78, 5) is 40.5. The monoisotopic (exact) mass is 572 g/mol. The molecule has 9 heteroatoms. The first-order valence-electron chi connectivity index (χ1n) is 14.6. The second-order valence-electron chi connectivity index (χ2n) is 10.5. The molecule has 1 aliphatic rings. The zero-order valence-electron chi connectivity index (χ0n) is 24.3. The molecule has 3 amide bonds. The molecule has 9 nitrogen and oxygen atoms in total. The molecule has 42 heavy (non-hydrogen) atoms. The lowest BCUT2D eigenvalue weighted by Crippen LogP contribution is -2.56. The van der Waals surface area contributed by atoms with E-state index in [1.54, 1.807) is 16.0 Å². The van der Waals surface area contributed by atoms with Crippen LogP contribution in [-0.2, 0) is 12.8 Å². The van der Waals surface area contributed by atoms with Gasteiger partial charge in [0.1, 0.15) is 5.75 Å². The maximum atomic E-state index is 13.1. The van der Waals surface area contributed by atoms with Crippen molar-refractivity contribution < 1.29 is 24.6 Å². The Morgan fingerprint density at radius 2 is 1.57 bits per heavy atom. The average Bonchev–Trinajstić information content (AvgIpc) is 3.56. The van der Waals surface area contributed by atoms with Gasteiger partial charge in [-0.05, 0) is 67.1 Å². The average molecular weight is 573 g/mol. The molecule has 1 saturated heterocycles. The highest BCUT2D eigenvalue weighted by atomic mass is 16.3. The highest BCUT2D eigenvalue weighted by molar-refractivity contribution is 6.00. The van der Waals surface area contributed by atoms with Crippen LogP contribution >= 0.6 is 0 Å². The van der Waals surface area contributed by atoms with Gasteiger partial charge >= 0.3 is 0 Å². The van der Waals surface area contributed by atoms with E-state index in [-0.39, 0.29) is 35.2 Å². The van der Waals surface area contributed by atoms with Crippen molar-refractivity contribution in [3.63, 3.8) is 0 Å². The Hall–Kier alpha value is -4.21. The van der Waals surface area contributed by atoms with E-state index < -0.39 is 18.1 Å². The van der Waals surface area contributed by atoms with E-state index in [2.05, 4.69) is 10.7 Å². The Labute approximate surface area is 247 Å². The van der Waals surface area contributed by atoms with Gasteiger partial charge in [-0.3, -0.25) is 19.8 Å². The van der Waals surface area contributed by atoms with Crippen LogP contribution in [0.5, 0.6) is 5.75 Å². The predicted octanol–water partition coefficient (Wildman–Crippen LogP) is 3.56. The summed E-state index contributed by atoms with van der Waals surface area (Å²) in [6, 6.07) is 20.7. The number of hydrazine groups is 1. The number of phenols is 1. The fourth-order valence-electron chi connectivity index (χ4n) is 5.21. The fourth-order valence-corrected chi connectivity index (χ4v) is 5.21. The summed E-state index contributed by atoms with van der Waals surface area (Å²) in [7, 11) is 0. The van der Waals surface area contributed by atoms with Gasteiger partial charge in [0.25, 0.3) is 17.7 Å². The van der Waals surface area contributed by atoms with E-state index in [1.807, 2.05) is 62.4 Å². The van der Waals surface area contributed by atoms with E-state index in [0.717, 1.165) is 30.4 Å². The number of nitrogens with one attached hydrogen (secondary N) is 2. The van der Waals surface area contributed by atoms with Crippen LogP contribution < -0.4 is 10.7 Å². The first-order chi connectivity index (χ1) is 20.3. The molecule has 4 N–H and O–H groups in total. The molecule has 222 valence electrons. The van der Waals surface area contributed by atoms with Gasteiger partial charge < -0.3 is 20.4 Å². The molecule has 3 aromatic rings. The Balaban J connectivity index is 1.45. The highest BCUT2D eigenvalue weighted by Crippen LogP contribution is 2.23. The van der Waals surface area contributed by atoms with Crippen molar-refractivity contribution in [3.8, 4) is 5.75 Å². The van der Waals surface area contributed by atoms with Crippen LogP contribution in [0.15, 0.2) is 72.8 Å². The SMILES string of the molecule is CCc1cccc(C(=O)NN(CC)C(Cc2ccccc2)C(O)CNC(=O)c2ccc(C(=O)N3CCCC3)c(O)c2)c1. The van der Waals surface area contributed by atoms with Gasteiger partial charge in [-0.1, -0.05) is 56.3 Å². The number of carbonyl (C=O) groups is 3. The summed E-state index contributed by atoms with van der Waals surface area (Å²) in [5.74, 6) is -1.28. The summed E-state index contributed by atoms with van der Waals surface area (Å²) >= 11 is 0.